The molecule has 0 fully saturated rings. The Hall–Kier alpha value is -1.77. The third kappa shape index (κ3) is 4.44. The Morgan fingerprint density at radius 1 is 0.447 bits per heavy atom. The number of hydrogen-bond acceptors (Lipinski definition) is 1. The second-order valence-corrected chi connectivity index (χ2v) is 8.41. The van der Waals surface area contributed by atoms with E-state index < -0.39 is 72.3 Å². The van der Waals surface area contributed by atoms with Crippen LogP contribution in [0.25, 0.3) is 0 Å². The van der Waals surface area contributed by atoms with Gasteiger partial charge >= 0.3 is 59.5 Å². The van der Waals surface area contributed by atoms with Crippen LogP contribution in [0, 0.1) is 0 Å². The van der Waals surface area contributed by atoms with E-state index >= 15 is 0 Å². The number of hydrogen-bond donors (Lipinski definition) is 0. The molecule has 1 aromatic rings. The molecule has 1 heterocycles. The lowest BCUT2D eigenvalue weighted by molar-refractivity contribution is -0.474. The molecule has 224 valence electrons. The molecule has 1 aromatic heterocycles. The van der Waals surface area contributed by atoms with Crippen molar-refractivity contribution in [3.8, 4) is 0 Å². The van der Waals surface area contributed by atoms with Gasteiger partial charge in [0.25, 0.3) is 0 Å². The molecule has 22 heteroatoms. The minimum atomic E-state index is -9.15. The highest BCUT2D eigenvalue weighted by Gasteiger charge is 2.97. The standard InChI is InChI=1S/C16H7F21S/c17-7(18,4-3-6-2-1-5-38-6)8(19,20)9(21,22)10(23,24)11(25,26)12(27,28)13(29,30)14(31,32)15(33,34)16(35,36)37/h1-2,5H,3-4H2. The van der Waals surface area contributed by atoms with Gasteiger partial charge in [-0.3, -0.25) is 0 Å². The highest BCUT2D eigenvalue weighted by Crippen LogP contribution is 2.66. The summed E-state index contributed by atoms with van der Waals surface area (Å²) >= 11 is 0.475. The lowest BCUT2D eigenvalue weighted by Crippen LogP contribution is -2.76. The third-order valence-corrected chi connectivity index (χ3v) is 5.78. The smallest absolute Gasteiger partial charge is 0.200 e. The van der Waals surface area contributed by atoms with E-state index in [1.165, 1.54) is 0 Å². The fourth-order valence-corrected chi connectivity index (χ4v) is 3.19. The van der Waals surface area contributed by atoms with Crippen LogP contribution in [-0.2, 0) is 6.42 Å². The van der Waals surface area contributed by atoms with Gasteiger partial charge in [-0.25, -0.2) is 0 Å². The molecule has 0 aliphatic carbocycles. The van der Waals surface area contributed by atoms with Gasteiger partial charge in [-0.15, -0.1) is 11.3 Å². The minimum absolute atomic E-state index is 0.347. The van der Waals surface area contributed by atoms with Crippen molar-refractivity contribution in [1.82, 2.24) is 0 Å². The van der Waals surface area contributed by atoms with Crippen molar-refractivity contribution in [2.24, 2.45) is 0 Å². The van der Waals surface area contributed by atoms with E-state index in [-0.39, 0.29) is 4.88 Å². The van der Waals surface area contributed by atoms with Crippen LogP contribution in [0.2, 0.25) is 0 Å². The van der Waals surface area contributed by atoms with Gasteiger partial charge in [0.15, 0.2) is 0 Å². The Kier molecular flexibility index (Phi) is 8.23. The van der Waals surface area contributed by atoms with Crippen LogP contribution in [0.3, 0.4) is 0 Å². The number of alkyl halides is 21. The Morgan fingerprint density at radius 3 is 1.05 bits per heavy atom. The van der Waals surface area contributed by atoms with Gasteiger partial charge in [-0.05, 0) is 17.9 Å². The highest BCUT2D eigenvalue weighted by molar-refractivity contribution is 7.09. The van der Waals surface area contributed by atoms with E-state index in [0.717, 1.165) is 17.5 Å². The third-order valence-electron chi connectivity index (χ3n) is 4.84. The minimum Gasteiger partial charge on any atom is -0.200 e. The average molecular weight is 630 g/mol. The molecule has 0 atom stereocenters. The molecule has 0 spiro atoms. The van der Waals surface area contributed by atoms with E-state index in [1.807, 2.05) is 0 Å². The first-order chi connectivity index (χ1) is 16.3. The molecule has 0 amide bonds. The summed E-state index contributed by atoms with van der Waals surface area (Å²) in [6, 6.07) is 1.93. The fraction of sp³-hybridized carbons (Fsp3) is 0.750. The number of rotatable bonds is 11. The Morgan fingerprint density at radius 2 is 0.763 bits per heavy atom. The predicted octanol–water partition coefficient (Wildman–Crippen LogP) is 8.96. The van der Waals surface area contributed by atoms with Crippen molar-refractivity contribution in [1.29, 1.82) is 0 Å². The van der Waals surface area contributed by atoms with Crippen LogP contribution in [0.5, 0.6) is 0 Å². The number of halogens is 21. The maximum Gasteiger partial charge on any atom is 0.460 e. The second kappa shape index (κ2) is 9.13. The Bertz CT molecular complexity index is 954. The zero-order valence-corrected chi connectivity index (χ0v) is 17.8. The van der Waals surface area contributed by atoms with Crippen LogP contribution >= 0.6 is 11.3 Å². The van der Waals surface area contributed by atoms with Crippen LogP contribution in [0.15, 0.2) is 17.5 Å². The molecule has 0 N–H and O–H groups in total. The van der Waals surface area contributed by atoms with Crippen molar-refractivity contribution in [3.05, 3.63) is 22.4 Å². The second-order valence-electron chi connectivity index (χ2n) is 7.38. The molecule has 1 rings (SSSR count). The van der Waals surface area contributed by atoms with E-state index in [0.29, 0.717) is 11.3 Å². The Labute approximate surface area is 199 Å². The molecule has 0 bridgehead atoms. The van der Waals surface area contributed by atoms with Gasteiger partial charge in [0.2, 0.25) is 0 Å². The maximum atomic E-state index is 13.7. The molecule has 38 heavy (non-hydrogen) atoms. The summed E-state index contributed by atoms with van der Waals surface area (Å²) in [5.74, 6) is -76.5. The zero-order valence-electron chi connectivity index (χ0n) is 17.0. The van der Waals surface area contributed by atoms with E-state index in [1.54, 1.807) is 0 Å². The summed E-state index contributed by atoms with van der Waals surface area (Å²) in [5, 5.41) is 1.08. The molecular formula is C16H7F21S. The van der Waals surface area contributed by atoms with Crippen molar-refractivity contribution in [2.45, 2.75) is 72.3 Å². The largest absolute Gasteiger partial charge is 0.460 e. The van der Waals surface area contributed by atoms with Crippen molar-refractivity contribution < 1.29 is 92.2 Å². The Balaban J connectivity index is 3.64. The van der Waals surface area contributed by atoms with Gasteiger partial charge in [-0.2, -0.15) is 92.2 Å². The fourth-order valence-electron chi connectivity index (χ4n) is 2.48. The summed E-state index contributed by atoms with van der Waals surface area (Å²) in [4.78, 5) is -0.347. The molecule has 0 aliphatic rings. The lowest BCUT2D eigenvalue weighted by atomic mass is 9.85. The predicted molar refractivity (Wildman–Crippen MR) is 83.2 cm³/mol. The first kappa shape index (κ1) is 34.3. The zero-order chi connectivity index (χ0) is 30.8. The molecule has 0 nitrogen and oxygen atoms in total. The van der Waals surface area contributed by atoms with Gasteiger partial charge in [-0.1, -0.05) is 6.07 Å². The van der Waals surface area contributed by atoms with Gasteiger partial charge in [0, 0.05) is 11.3 Å². The lowest BCUT2D eigenvalue weighted by Gasteiger charge is -2.44. The summed E-state index contributed by atoms with van der Waals surface area (Å²) in [6.45, 7) is 0. The maximum absolute atomic E-state index is 13.7. The van der Waals surface area contributed by atoms with E-state index in [4.69, 9.17) is 0 Å². The summed E-state index contributed by atoms with van der Waals surface area (Å²) in [5.41, 5.74) is 0. The number of thiophene rings is 1. The first-order valence-corrected chi connectivity index (χ1v) is 9.70. The molecule has 0 saturated carbocycles. The monoisotopic (exact) mass is 630 g/mol. The first-order valence-electron chi connectivity index (χ1n) is 8.82. The average Bonchev–Trinajstić information content (AvgIpc) is 3.24. The SMILES string of the molecule is FC(F)(F)C(F)(F)C(F)(F)C(F)(F)C(F)(F)C(F)(F)C(F)(F)C(F)(F)C(F)(F)C(F)(F)CCc1cccs1. The summed E-state index contributed by atoms with van der Waals surface area (Å²) in [6.07, 6.45) is -12.0. The van der Waals surface area contributed by atoms with Gasteiger partial charge in [0.05, 0.1) is 0 Å². The van der Waals surface area contributed by atoms with Gasteiger partial charge in [0.1, 0.15) is 0 Å². The quantitative estimate of drug-likeness (QED) is 0.214. The topological polar surface area (TPSA) is 0 Å². The molecule has 0 radical (unpaired) electrons. The van der Waals surface area contributed by atoms with Gasteiger partial charge < -0.3 is 0 Å². The number of aryl methyl sites for hydroxylation is 1. The molecule has 0 saturated heterocycles. The summed E-state index contributed by atoms with van der Waals surface area (Å²) in [7, 11) is 0. The van der Waals surface area contributed by atoms with Crippen LogP contribution in [0.4, 0.5) is 92.2 Å². The van der Waals surface area contributed by atoms with Crippen molar-refractivity contribution in [2.75, 3.05) is 0 Å². The molecule has 0 aliphatic heterocycles. The highest BCUT2D eigenvalue weighted by atomic mass is 32.1. The van der Waals surface area contributed by atoms with Crippen molar-refractivity contribution >= 4 is 11.3 Å². The van der Waals surface area contributed by atoms with Crippen LogP contribution in [-0.4, -0.2) is 59.5 Å². The molecule has 0 unspecified atom stereocenters. The van der Waals surface area contributed by atoms with E-state index in [2.05, 4.69) is 0 Å². The van der Waals surface area contributed by atoms with Crippen molar-refractivity contribution in [3.63, 3.8) is 0 Å². The van der Waals surface area contributed by atoms with E-state index in [9.17, 15) is 92.2 Å². The normalized spacial score (nSPS) is 16.2. The summed E-state index contributed by atoms with van der Waals surface area (Å²) < 4.78 is 278. The van der Waals surface area contributed by atoms with Crippen LogP contribution < -0.4 is 0 Å². The van der Waals surface area contributed by atoms with Crippen LogP contribution in [0.1, 0.15) is 11.3 Å². The molecular weight excluding hydrogens is 623 g/mol. The molecule has 0 aromatic carbocycles.